The molecule has 1 aliphatic rings. The molecular formula is C19H23N3O. The quantitative estimate of drug-likeness (QED) is 0.944. The molecule has 1 aromatic carbocycles. The van der Waals surface area contributed by atoms with E-state index in [1.165, 1.54) is 5.56 Å². The Kier molecular flexibility index (Phi) is 5.03. The molecule has 1 saturated heterocycles. The van der Waals surface area contributed by atoms with E-state index in [1.807, 2.05) is 19.1 Å². The Morgan fingerprint density at radius 3 is 2.65 bits per heavy atom. The van der Waals surface area contributed by atoms with Gasteiger partial charge in [0.25, 0.3) is 5.91 Å². The summed E-state index contributed by atoms with van der Waals surface area (Å²) in [5.74, 6) is -0.0114. The van der Waals surface area contributed by atoms with Crippen molar-refractivity contribution in [3.05, 3.63) is 65.5 Å². The minimum atomic E-state index is -0.0114. The standard InChI is InChI=1S/C19H23N3O/c1-15-11-17(13-20-12-15)19(23)21-18-7-9-22(10-8-18)14-16-5-3-2-4-6-16/h2-6,11-13,18H,7-10,14H2,1H3,(H,21,23). The Bertz CT molecular complexity index is 649. The molecule has 3 rings (SSSR count). The summed E-state index contributed by atoms with van der Waals surface area (Å²) < 4.78 is 0. The summed E-state index contributed by atoms with van der Waals surface area (Å²) in [7, 11) is 0. The summed E-state index contributed by atoms with van der Waals surface area (Å²) in [6.07, 6.45) is 5.39. The van der Waals surface area contributed by atoms with Crippen LogP contribution in [0.2, 0.25) is 0 Å². The molecule has 120 valence electrons. The van der Waals surface area contributed by atoms with E-state index in [9.17, 15) is 4.79 Å². The van der Waals surface area contributed by atoms with E-state index in [1.54, 1.807) is 12.4 Å². The van der Waals surface area contributed by atoms with Crippen molar-refractivity contribution in [2.24, 2.45) is 0 Å². The number of benzene rings is 1. The highest BCUT2D eigenvalue weighted by atomic mass is 16.1. The third-order valence-corrected chi connectivity index (χ3v) is 4.31. The highest BCUT2D eigenvalue weighted by Crippen LogP contribution is 2.14. The Morgan fingerprint density at radius 2 is 1.96 bits per heavy atom. The number of pyridine rings is 1. The number of likely N-dealkylation sites (tertiary alicyclic amines) is 1. The van der Waals surface area contributed by atoms with Gasteiger partial charge in [0.2, 0.25) is 0 Å². The number of aryl methyl sites for hydroxylation is 1. The van der Waals surface area contributed by atoms with E-state index in [0.717, 1.165) is 38.0 Å². The molecule has 0 saturated carbocycles. The van der Waals surface area contributed by atoms with E-state index in [-0.39, 0.29) is 11.9 Å². The van der Waals surface area contributed by atoms with Crippen LogP contribution >= 0.6 is 0 Å². The van der Waals surface area contributed by atoms with E-state index in [2.05, 4.69) is 39.5 Å². The minimum Gasteiger partial charge on any atom is -0.349 e. The lowest BCUT2D eigenvalue weighted by Gasteiger charge is -2.32. The Labute approximate surface area is 137 Å². The van der Waals surface area contributed by atoms with Gasteiger partial charge in [-0.05, 0) is 37.0 Å². The van der Waals surface area contributed by atoms with Gasteiger partial charge in [0.15, 0.2) is 0 Å². The predicted octanol–water partition coefficient (Wildman–Crippen LogP) is 2.78. The SMILES string of the molecule is Cc1cncc(C(=O)NC2CCN(Cc3ccccc3)CC2)c1. The fraction of sp³-hybridized carbons (Fsp3) is 0.368. The van der Waals surface area contributed by atoms with Crippen molar-refractivity contribution in [1.82, 2.24) is 15.2 Å². The lowest BCUT2D eigenvalue weighted by molar-refractivity contribution is 0.0908. The normalized spacial score (nSPS) is 16.2. The molecule has 2 heterocycles. The molecule has 2 aromatic rings. The topological polar surface area (TPSA) is 45.2 Å². The Balaban J connectivity index is 1.48. The number of hydrogen-bond acceptors (Lipinski definition) is 3. The van der Waals surface area contributed by atoms with Crippen LogP contribution in [0.5, 0.6) is 0 Å². The monoisotopic (exact) mass is 309 g/mol. The van der Waals surface area contributed by atoms with Crippen molar-refractivity contribution in [3.63, 3.8) is 0 Å². The second-order valence-corrected chi connectivity index (χ2v) is 6.26. The summed E-state index contributed by atoms with van der Waals surface area (Å²) in [6.45, 7) is 4.98. The molecule has 0 aliphatic carbocycles. The number of hydrogen-bond donors (Lipinski definition) is 1. The van der Waals surface area contributed by atoms with Crippen molar-refractivity contribution >= 4 is 5.91 Å². The van der Waals surface area contributed by atoms with Gasteiger partial charge in [0, 0.05) is 38.1 Å². The first-order chi connectivity index (χ1) is 11.2. The minimum absolute atomic E-state index is 0.0114. The molecule has 1 aliphatic heterocycles. The average molecular weight is 309 g/mol. The van der Waals surface area contributed by atoms with E-state index < -0.39 is 0 Å². The van der Waals surface area contributed by atoms with Crippen LogP contribution in [0, 0.1) is 6.92 Å². The molecule has 0 unspecified atom stereocenters. The number of rotatable bonds is 4. The van der Waals surface area contributed by atoms with Crippen LogP contribution in [0.1, 0.15) is 34.3 Å². The second-order valence-electron chi connectivity index (χ2n) is 6.26. The third-order valence-electron chi connectivity index (χ3n) is 4.31. The zero-order chi connectivity index (χ0) is 16.1. The number of nitrogens with one attached hydrogen (secondary N) is 1. The van der Waals surface area contributed by atoms with Crippen LogP contribution < -0.4 is 5.32 Å². The van der Waals surface area contributed by atoms with Crippen molar-refractivity contribution in [2.45, 2.75) is 32.4 Å². The molecule has 1 fully saturated rings. The van der Waals surface area contributed by atoms with E-state index in [4.69, 9.17) is 0 Å². The lowest BCUT2D eigenvalue weighted by Crippen LogP contribution is -2.44. The third kappa shape index (κ3) is 4.39. The van der Waals surface area contributed by atoms with Crippen molar-refractivity contribution < 1.29 is 4.79 Å². The second kappa shape index (κ2) is 7.38. The molecule has 4 heteroatoms. The van der Waals surface area contributed by atoms with Crippen LogP contribution in [-0.4, -0.2) is 34.9 Å². The first-order valence-corrected chi connectivity index (χ1v) is 8.19. The number of carbonyl (C=O) groups is 1. The summed E-state index contributed by atoms with van der Waals surface area (Å²) in [5.41, 5.74) is 3.01. The van der Waals surface area contributed by atoms with Gasteiger partial charge in [-0.25, -0.2) is 0 Å². The average Bonchev–Trinajstić information content (AvgIpc) is 2.57. The van der Waals surface area contributed by atoms with Gasteiger partial charge in [0.1, 0.15) is 0 Å². The fourth-order valence-corrected chi connectivity index (χ4v) is 3.02. The maximum Gasteiger partial charge on any atom is 0.253 e. The first-order valence-electron chi connectivity index (χ1n) is 8.19. The zero-order valence-electron chi connectivity index (χ0n) is 13.5. The maximum absolute atomic E-state index is 12.3. The molecule has 0 radical (unpaired) electrons. The zero-order valence-corrected chi connectivity index (χ0v) is 13.5. The van der Waals surface area contributed by atoms with Crippen molar-refractivity contribution in [1.29, 1.82) is 0 Å². The van der Waals surface area contributed by atoms with Crippen LogP contribution in [0.4, 0.5) is 0 Å². The molecule has 1 N–H and O–H groups in total. The molecule has 0 bridgehead atoms. The largest absolute Gasteiger partial charge is 0.349 e. The predicted molar refractivity (Wildman–Crippen MR) is 91.2 cm³/mol. The molecular weight excluding hydrogens is 286 g/mol. The van der Waals surface area contributed by atoms with Gasteiger partial charge >= 0.3 is 0 Å². The van der Waals surface area contributed by atoms with E-state index in [0.29, 0.717) is 5.56 Å². The van der Waals surface area contributed by atoms with Crippen LogP contribution in [0.25, 0.3) is 0 Å². The van der Waals surface area contributed by atoms with Crippen molar-refractivity contribution in [3.8, 4) is 0 Å². The molecule has 4 nitrogen and oxygen atoms in total. The molecule has 1 amide bonds. The lowest BCUT2D eigenvalue weighted by atomic mass is 10.0. The smallest absolute Gasteiger partial charge is 0.253 e. The van der Waals surface area contributed by atoms with Gasteiger partial charge in [-0.1, -0.05) is 30.3 Å². The Morgan fingerprint density at radius 1 is 1.22 bits per heavy atom. The van der Waals surface area contributed by atoms with Crippen LogP contribution in [-0.2, 0) is 6.54 Å². The maximum atomic E-state index is 12.3. The Hall–Kier alpha value is -2.20. The summed E-state index contributed by atoms with van der Waals surface area (Å²) >= 11 is 0. The highest BCUT2D eigenvalue weighted by Gasteiger charge is 2.21. The van der Waals surface area contributed by atoms with Crippen LogP contribution in [0.15, 0.2) is 48.8 Å². The first kappa shape index (κ1) is 15.7. The van der Waals surface area contributed by atoms with Gasteiger partial charge in [0.05, 0.1) is 5.56 Å². The molecule has 1 aromatic heterocycles. The summed E-state index contributed by atoms with van der Waals surface area (Å²) in [4.78, 5) is 18.8. The number of carbonyl (C=O) groups excluding carboxylic acids is 1. The number of amides is 1. The highest BCUT2D eigenvalue weighted by molar-refractivity contribution is 5.94. The number of nitrogens with zero attached hydrogens (tertiary/aromatic N) is 2. The van der Waals surface area contributed by atoms with Crippen LogP contribution in [0.3, 0.4) is 0 Å². The van der Waals surface area contributed by atoms with Gasteiger partial charge in [-0.3, -0.25) is 14.7 Å². The van der Waals surface area contributed by atoms with Gasteiger partial charge in [-0.15, -0.1) is 0 Å². The molecule has 0 atom stereocenters. The molecule has 0 spiro atoms. The van der Waals surface area contributed by atoms with Crippen molar-refractivity contribution in [2.75, 3.05) is 13.1 Å². The number of piperidine rings is 1. The fourth-order valence-electron chi connectivity index (χ4n) is 3.02. The molecule has 23 heavy (non-hydrogen) atoms. The van der Waals surface area contributed by atoms with Gasteiger partial charge in [-0.2, -0.15) is 0 Å². The summed E-state index contributed by atoms with van der Waals surface area (Å²) in [6, 6.07) is 12.7. The summed E-state index contributed by atoms with van der Waals surface area (Å²) in [5, 5.41) is 3.14. The number of aromatic nitrogens is 1. The van der Waals surface area contributed by atoms with Gasteiger partial charge < -0.3 is 5.32 Å². The van der Waals surface area contributed by atoms with E-state index >= 15 is 0 Å².